The predicted molar refractivity (Wildman–Crippen MR) is 65.3 cm³/mol. The Hall–Kier alpha value is -0.980. The van der Waals surface area contributed by atoms with Crippen LogP contribution in [0.1, 0.15) is 37.8 Å². The molecule has 0 fully saturated rings. The first-order valence-corrected chi connectivity index (χ1v) is 5.54. The maximum absolute atomic E-state index is 5.30. The molecule has 1 unspecified atom stereocenters. The van der Waals surface area contributed by atoms with Crippen molar-refractivity contribution in [3.05, 3.63) is 36.2 Å². The summed E-state index contributed by atoms with van der Waals surface area (Å²) in [6, 6.07) is 6.42. The van der Waals surface area contributed by atoms with E-state index in [1.165, 1.54) is 11.1 Å². The molecule has 1 aromatic carbocycles. The molecule has 15 heavy (non-hydrogen) atoms. The van der Waals surface area contributed by atoms with Gasteiger partial charge in [0.1, 0.15) is 5.75 Å². The maximum atomic E-state index is 5.30. The summed E-state index contributed by atoms with van der Waals surface area (Å²) in [5, 5.41) is 0. The van der Waals surface area contributed by atoms with Crippen LogP contribution in [0.2, 0.25) is 0 Å². The third-order valence-corrected chi connectivity index (χ3v) is 2.44. The van der Waals surface area contributed by atoms with Crippen molar-refractivity contribution in [2.45, 2.75) is 33.1 Å². The Morgan fingerprint density at radius 2 is 1.87 bits per heavy atom. The molecule has 0 saturated carbocycles. The van der Waals surface area contributed by atoms with E-state index in [2.05, 4.69) is 45.9 Å². The molecule has 0 aliphatic heterocycles. The van der Waals surface area contributed by atoms with Gasteiger partial charge in [0.2, 0.25) is 0 Å². The van der Waals surface area contributed by atoms with E-state index in [4.69, 9.17) is 4.74 Å². The second-order valence-corrected chi connectivity index (χ2v) is 4.61. The molecule has 0 amide bonds. The standard InChI is InChI=1S/C14H21O/c1-10(2)6-12-7-13(11(3)4)9-14(8-12)15-5/h7-11H,3,6H2,1-2,4-5H3. The fraction of sp³-hybridized carbons (Fsp3) is 0.500. The summed E-state index contributed by atoms with van der Waals surface area (Å²) in [5.74, 6) is 1.93. The lowest BCUT2D eigenvalue weighted by atomic mass is 9.96. The van der Waals surface area contributed by atoms with Crippen LogP contribution in [-0.2, 0) is 6.42 Å². The van der Waals surface area contributed by atoms with E-state index in [-0.39, 0.29) is 0 Å². The molecular formula is C14H21O. The maximum Gasteiger partial charge on any atom is 0.119 e. The minimum atomic E-state index is 0.311. The summed E-state index contributed by atoms with van der Waals surface area (Å²) in [5.41, 5.74) is 2.60. The minimum Gasteiger partial charge on any atom is -0.497 e. The molecule has 0 aliphatic carbocycles. The van der Waals surface area contributed by atoms with Crippen LogP contribution in [0, 0.1) is 12.8 Å². The Balaban J connectivity index is 3.00. The van der Waals surface area contributed by atoms with Gasteiger partial charge in [-0.2, -0.15) is 0 Å². The van der Waals surface area contributed by atoms with Gasteiger partial charge < -0.3 is 4.74 Å². The van der Waals surface area contributed by atoms with E-state index in [9.17, 15) is 0 Å². The predicted octanol–water partition coefficient (Wildman–Crippen LogP) is 3.83. The average Bonchev–Trinajstić information content (AvgIpc) is 2.16. The van der Waals surface area contributed by atoms with Gasteiger partial charge >= 0.3 is 0 Å². The van der Waals surface area contributed by atoms with Crippen LogP contribution >= 0.6 is 0 Å². The zero-order valence-corrected chi connectivity index (χ0v) is 10.2. The fourth-order valence-corrected chi connectivity index (χ4v) is 1.68. The van der Waals surface area contributed by atoms with Gasteiger partial charge in [-0.25, -0.2) is 0 Å². The Morgan fingerprint density at radius 1 is 1.20 bits per heavy atom. The van der Waals surface area contributed by atoms with Gasteiger partial charge in [-0.15, -0.1) is 0 Å². The van der Waals surface area contributed by atoms with Gasteiger partial charge in [0.15, 0.2) is 0 Å². The molecule has 1 aromatic rings. The lowest BCUT2D eigenvalue weighted by Crippen LogP contribution is -1.98. The molecule has 83 valence electrons. The first-order valence-electron chi connectivity index (χ1n) is 5.54. The lowest BCUT2D eigenvalue weighted by molar-refractivity contribution is 0.413. The van der Waals surface area contributed by atoms with Crippen molar-refractivity contribution in [2.24, 2.45) is 5.92 Å². The van der Waals surface area contributed by atoms with E-state index >= 15 is 0 Å². The molecule has 1 radical (unpaired) electrons. The van der Waals surface area contributed by atoms with Crippen molar-refractivity contribution in [3.63, 3.8) is 0 Å². The van der Waals surface area contributed by atoms with Crippen molar-refractivity contribution in [1.82, 2.24) is 0 Å². The Kier molecular flexibility index (Phi) is 4.19. The summed E-state index contributed by atoms with van der Waals surface area (Å²) in [7, 11) is 1.71. The van der Waals surface area contributed by atoms with Crippen molar-refractivity contribution in [3.8, 4) is 5.75 Å². The van der Waals surface area contributed by atoms with Gasteiger partial charge in [0.25, 0.3) is 0 Å². The van der Waals surface area contributed by atoms with E-state index in [1.54, 1.807) is 7.11 Å². The minimum absolute atomic E-state index is 0.311. The molecule has 1 nitrogen and oxygen atoms in total. The topological polar surface area (TPSA) is 9.23 Å². The Morgan fingerprint density at radius 3 is 2.33 bits per heavy atom. The first-order chi connectivity index (χ1) is 7.02. The fourth-order valence-electron chi connectivity index (χ4n) is 1.68. The molecule has 0 aliphatic rings. The molecule has 0 aromatic heterocycles. The van der Waals surface area contributed by atoms with Crippen molar-refractivity contribution >= 4 is 0 Å². The second-order valence-electron chi connectivity index (χ2n) is 4.61. The number of hydrogen-bond acceptors (Lipinski definition) is 1. The number of ether oxygens (including phenoxy) is 1. The van der Waals surface area contributed by atoms with Crippen LogP contribution < -0.4 is 4.74 Å². The molecule has 0 spiro atoms. The summed E-state index contributed by atoms with van der Waals surface area (Å²) in [6.07, 6.45) is 1.09. The highest BCUT2D eigenvalue weighted by Gasteiger charge is 2.06. The zero-order chi connectivity index (χ0) is 11.4. The van der Waals surface area contributed by atoms with Crippen molar-refractivity contribution < 1.29 is 4.74 Å². The van der Waals surface area contributed by atoms with Gasteiger partial charge in [-0.05, 0) is 48.4 Å². The van der Waals surface area contributed by atoms with Crippen LogP contribution in [0.3, 0.4) is 0 Å². The smallest absolute Gasteiger partial charge is 0.119 e. The van der Waals surface area contributed by atoms with E-state index in [0.717, 1.165) is 12.2 Å². The van der Waals surface area contributed by atoms with E-state index < -0.39 is 0 Å². The SMILES string of the molecule is [CH2]C(C)c1cc(CC(C)C)cc(OC)c1. The number of methoxy groups -OCH3 is 1. The highest BCUT2D eigenvalue weighted by molar-refractivity contribution is 5.36. The number of benzene rings is 1. The van der Waals surface area contributed by atoms with Gasteiger partial charge in [0.05, 0.1) is 7.11 Å². The monoisotopic (exact) mass is 205 g/mol. The van der Waals surface area contributed by atoms with Crippen molar-refractivity contribution in [2.75, 3.05) is 7.11 Å². The van der Waals surface area contributed by atoms with Gasteiger partial charge in [-0.3, -0.25) is 0 Å². The zero-order valence-electron chi connectivity index (χ0n) is 10.2. The number of hydrogen-bond donors (Lipinski definition) is 0. The molecule has 0 saturated heterocycles. The highest BCUT2D eigenvalue weighted by atomic mass is 16.5. The molecule has 0 bridgehead atoms. The van der Waals surface area contributed by atoms with Crippen LogP contribution in [0.5, 0.6) is 5.75 Å². The molecule has 1 rings (SSSR count). The highest BCUT2D eigenvalue weighted by Crippen LogP contribution is 2.24. The Labute approximate surface area is 93.5 Å². The lowest BCUT2D eigenvalue weighted by Gasteiger charge is -2.12. The van der Waals surface area contributed by atoms with E-state index in [1.807, 2.05) is 0 Å². The van der Waals surface area contributed by atoms with E-state index in [0.29, 0.717) is 11.8 Å². The quantitative estimate of drug-likeness (QED) is 0.726. The summed E-state index contributed by atoms with van der Waals surface area (Å²) in [6.45, 7) is 10.6. The van der Waals surface area contributed by atoms with Gasteiger partial charge in [-0.1, -0.05) is 26.8 Å². The van der Waals surface area contributed by atoms with Crippen molar-refractivity contribution in [1.29, 1.82) is 0 Å². The summed E-state index contributed by atoms with van der Waals surface area (Å²) < 4.78 is 5.30. The molecule has 1 heteroatoms. The second kappa shape index (κ2) is 5.20. The van der Waals surface area contributed by atoms with Crippen LogP contribution in [0.15, 0.2) is 18.2 Å². The molecule has 0 N–H and O–H groups in total. The molecule has 0 heterocycles. The van der Waals surface area contributed by atoms with Crippen LogP contribution in [0.4, 0.5) is 0 Å². The van der Waals surface area contributed by atoms with Gasteiger partial charge in [0, 0.05) is 0 Å². The normalized spacial score (nSPS) is 11.1. The largest absolute Gasteiger partial charge is 0.497 e. The summed E-state index contributed by atoms with van der Waals surface area (Å²) in [4.78, 5) is 0. The average molecular weight is 205 g/mol. The Bertz CT molecular complexity index is 313. The third kappa shape index (κ3) is 3.58. The van der Waals surface area contributed by atoms with Crippen LogP contribution in [0.25, 0.3) is 0 Å². The first kappa shape index (κ1) is 12.1. The molecular weight excluding hydrogens is 184 g/mol. The van der Waals surface area contributed by atoms with Crippen LogP contribution in [-0.4, -0.2) is 7.11 Å². The third-order valence-electron chi connectivity index (χ3n) is 2.44. The molecule has 1 atom stereocenters. The summed E-state index contributed by atoms with van der Waals surface area (Å²) >= 11 is 0. The number of rotatable bonds is 4.